The fourth-order valence-corrected chi connectivity index (χ4v) is 3.55. The number of aromatic nitrogens is 2. The van der Waals surface area contributed by atoms with Gasteiger partial charge in [0.15, 0.2) is 0 Å². The summed E-state index contributed by atoms with van der Waals surface area (Å²) in [7, 11) is 1.89. The fraction of sp³-hybridized carbons (Fsp3) is 0.500. The van der Waals surface area contributed by atoms with Gasteiger partial charge in [-0.15, -0.1) is 0 Å². The number of amides is 1. The number of hydrogen-bond donors (Lipinski definition) is 2. The molecule has 1 aromatic heterocycles. The van der Waals surface area contributed by atoms with Gasteiger partial charge in [-0.3, -0.25) is 14.9 Å². The van der Waals surface area contributed by atoms with Gasteiger partial charge in [0.1, 0.15) is 0 Å². The summed E-state index contributed by atoms with van der Waals surface area (Å²) in [5.41, 5.74) is 10.1. The van der Waals surface area contributed by atoms with Crippen molar-refractivity contribution in [1.82, 2.24) is 25.5 Å². The van der Waals surface area contributed by atoms with Crippen molar-refractivity contribution in [3.63, 3.8) is 0 Å². The minimum absolute atomic E-state index is 0.191. The molecule has 6 nitrogen and oxygen atoms in total. The van der Waals surface area contributed by atoms with E-state index in [1.165, 1.54) is 5.56 Å². The Balaban J connectivity index is 1.41. The Hall–Kier alpha value is -2.18. The normalized spacial score (nSPS) is 19.7. The van der Waals surface area contributed by atoms with Crippen LogP contribution in [0.2, 0.25) is 0 Å². The average molecular weight is 355 g/mol. The molecule has 6 heteroatoms. The van der Waals surface area contributed by atoms with E-state index >= 15 is 0 Å². The van der Waals surface area contributed by atoms with E-state index in [4.69, 9.17) is 0 Å². The van der Waals surface area contributed by atoms with Crippen LogP contribution in [0.4, 0.5) is 0 Å². The predicted octanol–water partition coefficient (Wildman–Crippen LogP) is 2.35. The maximum absolute atomic E-state index is 12.4. The number of nitrogens with zero attached hydrogens (tertiary/aromatic N) is 3. The zero-order valence-electron chi connectivity index (χ0n) is 15.9. The lowest BCUT2D eigenvalue weighted by molar-refractivity contribution is -0.130. The molecular weight excluding hydrogens is 326 g/mol. The van der Waals surface area contributed by atoms with E-state index in [-0.39, 0.29) is 11.9 Å². The van der Waals surface area contributed by atoms with Crippen LogP contribution in [0.5, 0.6) is 0 Å². The van der Waals surface area contributed by atoms with Crippen molar-refractivity contribution in [1.29, 1.82) is 0 Å². The molecule has 1 aliphatic heterocycles. The molecule has 2 aromatic rings. The molecule has 1 aromatic carbocycles. The van der Waals surface area contributed by atoms with Crippen LogP contribution in [-0.2, 0) is 11.3 Å². The Morgan fingerprint density at radius 1 is 1.27 bits per heavy atom. The largest absolute Gasteiger partial charge is 0.344 e. The first-order valence-corrected chi connectivity index (χ1v) is 9.34. The third-order valence-electron chi connectivity index (χ3n) is 4.97. The summed E-state index contributed by atoms with van der Waals surface area (Å²) >= 11 is 0. The third kappa shape index (κ3) is 4.71. The summed E-state index contributed by atoms with van der Waals surface area (Å²) in [4.78, 5) is 14.3. The number of hydrazine groups is 1. The smallest absolute Gasteiger partial charge is 0.222 e. The van der Waals surface area contributed by atoms with Gasteiger partial charge in [-0.25, -0.2) is 5.43 Å². The Bertz CT molecular complexity index is 727. The van der Waals surface area contributed by atoms with Crippen LogP contribution < -0.4 is 10.9 Å². The van der Waals surface area contributed by atoms with Crippen molar-refractivity contribution < 1.29 is 4.79 Å². The second kappa shape index (κ2) is 8.47. The molecule has 1 fully saturated rings. The molecule has 2 N–H and O–H groups in total. The number of likely N-dealkylation sites (N-methyl/N-ethyl adjacent to an activating group) is 1. The Kier molecular flexibility index (Phi) is 6.06. The van der Waals surface area contributed by atoms with Gasteiger partial charge in [0.25, 0.3) is 0 Å². The molecule has 2 heterocycles. The summed E-state index contributed by atoms with van der Waals surface area (Å²) in [5, 5.41) is 4.45. The fourth-order valence-electron chi connectivity index (χ4n) is 3.55. The number of rotatable bonds is 7. The van der Waals surface area contributed by atoms with Crippen LogP contribution in [-0.4, -0.2) is 40.2 Å². The molecule has 0 aliphatic carbocycles. The molecule has 0 bridgehead atoms. The Morgan fingerprint density at radius 2 is 2.04 bits per heavy atom. The quantitative estimate of drug-likeness (QED) is 0.800. The molecule has 1 amide bonds. The van der Waals surface area contributed by atoms with Crippen molar-refractivity contribution in [2.75, 3.05) is 13.6 Å². The van der Waals surface area contributed by atoms with Crippen molar-refractivity contribution in [3.8, 4) is 0 Å². The van der Waals surface area contributed by atoms with Crippen LogP contribution in [0, 0.1) is 13.8 Å². The standard InChI is InChI=1S/C20H29N5O/c1-15-12-16(2)25(23-15)11-7-10-20(26)24(3)14-18-13-19(22-21-18)17-8-5-4-6-9-17/h4-6,8-9,12,18-19,21-22H,7,10-11,13-14H2,1-3H3. The van der Waals surface area contributed by atoms with Crippen LogP contribution in [0.3, 0.4) is 0 Å². The lowest BCUT2D eigenvalue weighted by atomic mass is 10.0. The van der Waals surface area contributed by atoms with E-state index < -0.39 is 0 Å². The van der Waals surface area contributed by atoms with E-state index in [9.17, 15) is 4.79 Å². The van der Waals surface area contributed by atoms with Crippen molar-refractivity contribution in [2.24, 2.45) is 0 Å². The van der Waals surface area contributed by atoms with Gasteiger partial charge in [0.2, 0.25) is 5.91 Å². The molecule has 26 heavy (non-hydrogen) atoms. The Morgan fingerprint density at radius 3 is 2.73 bits per heavy atom. The third-order valence-corrected chi connectivity index (χ3v) is 4.97. The molecule has 1 saturated heterocycles. The minimum atomic E-state index is 0.191. The Labute approximate surface area is 155 Å². The molecule has 0 radical (unpaired) electrons. The number of benzene rings is 1. The van der Waals surface area contributed by atoms with E-state index in [1.807, 2.05) is 29.6 Å². The molecule has 2 unspecified atom stereocenters. The zero-order valence-corrected chi connectivity index (χ0v) is 15.9. The number of carbonyl (C=O) groups excluding carboxylic acids is 1. The first-order valence-electron chi connectivity index (χ1n) is 9.34. The van der Waals surface area contributed by atoms with Gasteiger partial charge >= 0.3 is 0 Å². The number of aryl methyl sites for hydroxylation is 3. The van der Waals surface area contributed by atoms with Crippen LogP contribution in [0.15, 0.2) is 36.4 Å². The molecule has 2 atom stereocenters. The van der Waals surface area contributed by atoms with Crippen molar-refractivity contribution >= 4 is 5.91 Å². The highest BCUT2D eigenvalue weighted by Gasteiger charge is 2.26. The number of nitrogens with one attached hydrogen (secondary N) is 2. The van der Waals surface area contributed by atoms with Crippen molar-refractivity contribution in [3.05, 3.63) is 53.3 Å². The van der Waals surface area contributed by atoms with E-state index in [0.29, 0.717) is 12.5 Å². The molecule has 0 saturated carbocycles. The van der Waals surface area contributed by atoms with Gasteiger partial charge < -0.3 is 4.90 Å². The average Bonchev–Trinajstić information content (AvgIpc) is 3.22. The number of carbonyl (C=O) groups is 1. The molecule has 0 spiro atoms. The summed E-state index contributed by atoms with van der Waals surface area (Å²) < 4.78 is 1.98. The maximum Gasteiger partial charge on any atom is 0.222 e. The van der Waals surface area contributed by atoms with Crippen LogP contribution in [0.25, 0.3) is 0 Å². The van der Waals surface area contributed by atoms with Gasteiger partial charge in [0, 0.05) is 44.3 Å². The summed E-state index contributed by atoms with van der Waals surface area (Å²) in [6, 6.07) is 13.1. The summed E-state index contributed by atoms with van der Waals surface area (Å²) in [6.45, 7) is 5.55. The first-order chi connectivity index (χ1) is 12.5. The van der Waals surface area contributed by atoms with E-state index in [1.54, 1.807) is 0 Å². The molecule has 3 rings (SSSR count). The van der Waals surface area contributed by atoms with E-state index in [2.05, 4.69) is 53.2 Å². The van der Waals surface area contributed by atoms with Crippen LogP contribution in [0.1, 0.15) is 42.3 Å². The highest BCUT2D eigenvalue weighted by Crippen LogP contribution is 2.22. The molecule has 140 valence electrons. The topological polar surface area (TPSA) is 62.2 Å². The SMILES string of the molecule is Cc1cc(C)n(CCCC(=O)N(C)CC2CC(c3ccccc3)NN2)n1. The lowest BCUT2D eigenvalue weighted by Crippen LogP contribution is -2.41. The van der Waals surface area contributed by atoms with Crippen LogP contribution >= 0.6 is 0 Å². The monoisotopic (exact) mass is 355 g/mol. The van der Waals surface area contributed by atoms with Gasteiger partial charge in [-0.2, -0.15) is 5.10 Å². The second-order valence-corrected chi connectivity index (χ2v) is 7.21. The van der Waals surface area contributed by atoms with Crippen molar-refractivity contribution in [2.45, 2.75) is 51.7 Å². The number of hydrogen-bond acceptors (Lipinski definition) is 4. The summed E-state index contributed by atoms with van der Waals surface area (Å²) in [5.74, 6) is 0.191. The maximum atomic E-state index is 12.4. The molecule has 1 aliphatic rings. The highest BCUT2D eigenvalue weighted by atomic mass is 16.2. The minimum Gasteiger partial charge on any atom is -0.344 e. The highest BCUT2D eigenvalue weighted by molar-refractivity contribution is 5.75. The van der Waals surface area contributed by atoms with Gasteiger partial charge in [0.05, 0.1) is 5.69 Å². The zero-order chi connectivity index (χ0) is 18.5. The van der Waals surface area contributed by atoms with Gasteiger partial charge in [-0.05, 0) is 38.3 Å². The predicted molar refractivity (Wildman–Crippen MR) is 102 cm³/mol. The summed E-state index contributed by atoms with van der Waals surface area (Å²) in [6.07, 6.45) is 2.35. The van der Waals surface area contributed by atoms with Gasteiger partial charge in [-0.1, -0.05) is 30.3 Å². The second-order valence-electron chi connectivity index (χ2n) is 7.21. The first kappa shape index (κ1) is 18.6. The van der Waals surface area contributed by atoms with E-state index in [0.717, 1.165) is 37.3 Å². The lowest BCUT2D eigenvalue weighted by Gasteiger charge is -2.21. The molecular formula is C20H29N5O.